The SMILES string of the molecule is CCOc1cc(F)c(O[C@H]2CC[C@@](C)(C(=O)OCc3cccc4ccccc34)CC2)cc1C(=O)O. The number of halogens is 1. The fourth-order valence-corrected chi connectivity index (χ4v) is 4.53. The Labute approximate surface area is 203 Å². The molecule has 1 N–H and O–H groups in total. The third kappa shape index (κ3) is 5.39. The summed E-state index contributed by atoms with van der Waals surface area (Å²) >= 11 is 0. The van der Waals surface area contributed by atoms with Gasteiger partial charge in [-0.05, 0) is 55.9 Å². The predicted molar refractivity (Wildman–Crippen MR) is 129 cm³/mol. The number of carbonyl (C=O) groups excluding carboxylic acids is 1. The van der Waals surface area contributed by atoms with Gasteiger partial charge in [0.25, 0.3) is 0 Å². The van der Waals surface area contributed by atoms with Crippen LogP contribution >= 0.6 is 0 Å². The van der Waals surface area contributed by atoms with E-state index in [1.165, 1.54) is 0 Å². The molecule has 1 fully saturated rings. The highest BCUT2D eigenvalue weighted by molar-refractivity contribution is 5.91. The maximum atomic E-state index is 14.6. The van der Waals surface area contributed by atoms with Gasteiger partial charge in [0, 0.05) is 12.1 Å². The van der Waals surface area contributed by atoms with Crippen molar-refractivity contribution >= 4 is 22.7 Å². The van der Waals surface area contributed by atoms with Crippen LogP contribution in [-0.2, 0) is 16.1 Å². The standard InChI is InChI=1S/C28H29FO6/c1-3-33-24-16-23(29)25(15-22(24)26(30)31)35-20-11-13-28(2,14-12-20)27(32)34-17-19-9-6-8-18-7-4-5-10-21(18)19/h4-10,15-16,20H,3,11-14,17H2,1-2H3,(H,30,31)/t20-,28+. The molecular formula is C28H29FO6. The Hall–Kier alpha value is -3.61. The molecule has 7 heteroatoms. The summed E-state index contributed by atoms with van der Waals surface area (Å²) in [7, 11) is 0. The molecule has 0 aliphatic heterocycles. The van der Waals surface area contributed by atoms with Crippen molar-refractivity contribution in [1.29, 1.82) is 0 Å². The van der Waals surface area contributed by atoms with Crippen LogP contribution in [0, 0.1) is 11.2 Å². The Bertz CT molecular complexity index is 1220. The lowest BCUT2D eigenvalue weighted by atomic mass is 9.74. The zero-order valence-electron chi connectivity index (χ0n) is 19.9. The molecule has 0 atom stereocenters. The second-order valence-corrected chi connectivity index (χ2v) is 9.11. The van der Waals surface area contributed by atoms with Crippen LogP contribution in [0.2, 0.25) is 0 Å². The number of carboxylic acids is 1. The van der Waals surface area contributed by atoms with Crippen LogP contribution < -0.4 is 9.47 Å². The van der Waals surface area contributed by atoms with Gasteiger partial charge < -0.3 is 19.3 Å². The lowest BCUT2D eigenvalue weighted by Gasteiger charge is -2.35. The van der Waals surface area contributed by atoms with Gasteiger partial charge in [-0.3, -0.25) is 4.79 Å². The van der Waals surface area contributed by atoms with Crippen molar-refractivity contribution in [3.05, 3.63) is 71.5 Å². The van der Waals surface area contributed by atoms with Gasteiger partial charge in [0.05, 0.1) is 18.1 Å². The van der Waals surface area contributed by atoms with E-state index in [-0.39, 0.29) is 42.3 Å². The number of aromatic carboxylic acids is 1. The molecule has 0 radical (unpaired) electrons. The van der Waals surface area contributed by atoms with Gasteiger partial charge in [-0.25, -0.2) is 9.18 Å². The summed E-state index contributed by atoms with van der Waals surface area (Å²) in [4.78, 5) is 24.5. The summed E-state index contributed by atoms with van der Waals surface area (Å²) in [6.45, 7) is 4.00. The van der Waals surface area contributed by atoms with Crippen LogP contribution in [-0.4, -0.2) is 29.8 Å². The lowest BCUT2D eigenvalue weighted by Crippen LogP contribution is -2.37. The lowest BCUT2D eigenvalue weighted by molar-refractivity contribution is -0.159. The summed E-state index contributed by atoms with van der Waals surface area (Å²) in [5.74, 6) is -2.32. The topological polar surface area (TPSA) is 82.1 Å². The quantitative estimate of drug-likeness (QED) is 0.390. The number of rotatable bonds is 8. The van der Waals surface area contributed by atoms with E-state index in [2.05, 4.69) is 0 Å². The molecule has 184 valence electrons. The van der Waals surface area contributed by atoms with Gasteiger partial charge in [-0.2, -0.15) is 0 Å². The van der Waals surface area contributed by atoms with Crippen molar-refractivity contribution in [1.82, 2.24) is 0 Å². The highest BCUT2D eigenvalue weighted by Crippen LogP contribution is 2.39. The zero-order valence-corrected chi connectivity index (χ0v) is 19.9. The number of ether oxygens (including phenoxy) is 3. The second-order valence-electron chi connectivity index (χ2n) is 9.11. The largest absolute Gasteiger partial charge is 0.493 e. The third-order valence-corrected chi connectivity index (χ3v) is 6.63. The van der Waals surface area contributed by atoms with Crippen molar-refractivity contribution < 1.29 is 33.3 Å². The molecule has 0 spiro atoms. The van der Waals surface area contributed by atoms with Crippen LogP contribution in [0.25, 0.3) is 10.8 Å². The number of hydrogen-bond acceptors (Lipinski definition) is 5. The average Bonchev–Trinajstić information content (AvgIpc) is 2.85. The molecule has 0 saturated heterocycles. The van der Waals surface area contributed by atoms with Crippen LogP contribution in [0.4, 0.5) is 4.39 Å². The molecule has 3 aromatic rings. The number of carboxylic acid groups (broad SMARTS) is 1. The van der Waals surface area contributed by atoms with Gasteiger partial charge in [-0.15, -0.1) is 0 Å². The van der Waals surface area contributed by atoms with Crippen LogP contribution in [0.5, 0.6) is 11.5 Å². The van der Waals surface area contributed by atoms with Crippen molar-refractivity contribution in [2.75, 3.05) is 6.61 Å². The summed E-state index contributed by atoms with van der Waals surface area (Å²) in [6, 6.07) is 16.1. The number of benzene rings is 3. The first-order valence-corrected chi connectivity index (χ1v) is 11.8. The molecule has 0 heterocycles. The summed E-state index contributed by atoms with van der Waals surface area (Å²) < 4.78 is 31.3. The van der Waals surface area contributed by atoms with Crippen molar-refractivity contribution in [3.63, 3.8) is 0 Å². The average molecular weight is 481 g/mol. The third-order valence-electron chi connectivity index (χ3n) is 6.63. The van der Waals surface area contributed by atoms with E-state index in [4.69, 9.17) is 14.2 Å². The minimum atomic E-state index is -1.22. The van der Waals surface area contributed by atoms with E-state index in [1.807, 2.05) is 49.4 Å². The highest BCUT2D eigenvalue weighted by Gasteiger charge is 2.40. The molecule has 0 aromatic heterocycles. The molecule has 0 bridgehead atoms. The minimum Gasteiger partial charge on any atom is -0.493 e. The molecule has 3 aromatic carbocycles. The van der Waals surface area contributed by atoms with Crippen molar-refractivity contribution in [3.8, 4) is 11.5 Å². The first-order valence-electron chi connectivity index (χ1n) is 11.8. The number of hydrogen-bond donors (Lipinski definition) is 1. The molecule has 0 amide bonds. The van der Waals surface area contributed by atoms with Crippen LogP contribution in [0.1, 0.15) is 55.5 Å². The first kappa shape index (κ1) is 24.5. The Morgan fingerprint density at radius 2 is 1.77 bits per heavy atom. The number of carbonyl (C=O) groups is 2. The van der Waals surface area contributed by atoms with E-state index in [0.717, 1.165) is 28.5 Å². The fraction of sp³-hybridized carbons (Fsp3) is 0.357. The fourth-order valence-electron chi connectivity index (χ4n) is 4.53. The van der Waals surface area contributed by atoms with Gasteiger partial charge in [-0.1, -0.05) is 42.5 Å². The van der Waals surface area contributed by atoms with E-state index in [0.29, 0.717) is 25.7 Å². The second kappa shape index (κ2) is 10.3. The first-order chi connectivity index (χ1) is 16.8. The maximum absolute atomic E-state index is 14.6. The molecule has 6 nitrogen and oxygen atoms in total. The predicted octanol–water partition coefficient (Wildman–Crippen LogP) is 6.15. The van der Waals surface area contributed by atoms with E-state index < -0.39 is 17.2 Å². The summed E-state index contributed by atoms with van der Waals surface area (Å²) in [6.07, 6.45) is 1.76. The molecular weight excluding hydrogens is 451 g/mol. The maximum Gasteiger partial charge on any atom is 0.339 e. The van der Waals surface area contributed by atoms with Crippen molar-refractivity contribution in [2.45, 2.75) is 52.2 Å². The molecule has 35 heavy (non-hydrogen) atoms. The van der Waals surface area contributed by atoms with Crippen molar-refractivity contribution in [2.24, 2.45) is 5.41 Å². The van der Waals surface area contributed by atoms with Gasteiger partial charge in [0.2, 0.25) is 0 Å². The Morgan fingerprint density at radius 3 is 2.49 bits per heavy atom. The van der Waals surface area contributed by atoms with Crippen LogP contribution in [0.3, 0.4) is 0 Å². The smallest absolute Gasteiger partial charge is 0.339 e. The minimum absolute atomic E-state index is 0.0324. The Morgan fingerprint density at radius 1 is 1.06 bits per heavy atom. The Balaban J connectivity index is 1.37. The molecule has 1 aliphatic rings. The van der Waals surface area contributed by atoms with Crippen LogP contribution in [0.15, 0.2) is 54.6 Å². The molecule has 1 aliphatic carbocycles. The Kier molecular flexibility index (Phi) is 7.24. The summed E-state index contributed by atoms with van der Waals surface area (Å²) in [5, 5.41) is 11.6. The normalized spacial score (nSPS) is 19.8. The zero-order chi connectivity index (χ0) is 25.0. The number of fused-ring (bicyclic) bond motifs is 1. The molecule has 1 saturated carbocycles. The summed E-state index contributed by atoms with van der Waals surface area (Å²) in [5.41, 5.74) is 0.145. The number of esters is 1. The van der Waals surface area contributed by atoms with Gasteiger partial charge in [0.1, 0.15) is 17.9 Å². The van der Waals surface area contributed by atoms with Gasteiger partial charge in [0.15, 0.2) is 11.6 Å². The molecule has 4 rings (SSSR count). The molecule has 0 unspecified atom stereocenters. The van der Waals surface area contributed by atoms with E-state index in [9.17, 15) is 19.1 Å². The van der Waals surface area contributed by atoms with Gasteiger partial charge >= 0.3 is 11.9 Å². The monoisotopic (exact) mass is 480 g/mol. The highest BCUT2D eigenvalue weighted by atomic mass is 19.1. The van der Waals surface area contributed by atoms with E-state index in [1.54, 1.807) is 6.92 Å². The van der Waals surface area contributed by atoms with E-state index >= 15 is 0 Å².